The Labute approximate surface area is 108 Å². The second-order valence-electron chi connectivity index (χ2n) is 4.73. The van der Waals surface area contributed by atoms with Crippen molar-refractivity contribution in [2.75, 3.05) is 21.2 Å². The highest BCUT2D eigenvalue weighted by Crippen LogP contribution is 2.17. The molecule has 0 spiro atoms. The molecule has 1 aromatic carbocycles. The van der Waals surface area contributed by atoms with Gasteiger partial charge in [0.1, 0.15) is 11.9 Å². The number of benzene rings is 1. The number of halogens is 1. The summed E-state index contributed by atoms with van der Waals surface area (Å²) in [6, 6.07) is 2.84. The monoisotopic (exact) mass is 252 g/mol. The van der Waals surface area contributed by atoms with Crippen LogP contribution in [0.15, 0.2) is 12.1 Å². The molecule has 0 heterocycles. The number of hydrogen-bond acceptors (Lipinski definition) is 3. The molecule has 4 heteroatoms. The molecule has 0 radical (unpaired) electrons. The first-order chi connectivity index (χ1) is 8.36. The van der Waals surface area contributed by atoms with Crippen molar-refractivity contribution in [3.8, 4) is 0 Å². The van der Waals surface area contributed by atoms with E-state index in [-0.39, 0.29) is 11.8 Å². The third kappa shape index (κ3) is 3.29. The zero-order valence-corrected chi connectivity index (χ0v) is 11.6. The Balaban J connectivity index is 3.01. The summed E-state index contributed by atoms with van der Waals surface area (Å²) in [4.78, 5) is 13.4. The number of nitrogens with zero attached hydrogens (tertiary/aromatic N) is 1. The lowest BCUT2D eigenvalue weighted by Crippen LogP contribution is -2.38. The number of carbonyl (C=O) groups excluding carboxylic acids is 1. The number of ether oxygens (including phenoxy) is 1. The minimum absolute atomic E-state index is 0.270. The van der Waals surface area contributed by atoms with Gasteiger partial charge in [-0.3, -0.25) is 9.69 Å². The Morgan fingerprint density at radius 2 is 1.89 bits per heavy atom. The fourth-order valence-electron chi connectivity index (χ4n) is 1.82. The predicted octanol–water partition coefficient (Wildman–Crippen LogP) is 2.09. The molecular formula is C14H20FNO2. The summed E-state index contributed by atoms with van der Waals surface area (Å²) >= 11 is 0. The normalized spacial score (nSPS) is 12.6. The van der Waals surface area contributed by atoms with Crippen molar-refractivity contribution < 1.29 is 13.9 Å². The number of carbonyl (C=O) groups is 1. The van der Waals surface area contributed by atoms with Crippen LogP contribution in [-0.4, -0.2) is 38.1 Å². The van der Waals surface area contributed by atoms with E-state index in [1.807, 2.05) is 13.8 Å². The molecule has 0 amide bonds. The molecule has 1 unspecified atom stereocenters. The van der Waals surface area contributed by atoms with Crippen LogP contribution in [0, 0.1) is 19.7 Å². The molecule has 18 heavy (non-hydrogen) atoms. The van der Waals surface area contributed by atoms with Gasteiger partial charge in [0.2, 0.25) is 0 Å². The van der Waals surface area contributed by atoms with Crippen molar-refractivity contribution in [3.05, 3.63) is 34.6 Å². The van der Waals surface area contributed by atoms with E-state index in [1.165, 1.54) is 13.2 Å². The van der Waals surface area contributed by atoms with Gasteiger partial charge in [-0.15, -0.1) is 0 Å². The quantitative estimate of drug-likeness (QED) is 0.768. The van der Waals surface area contributed by atoms with Crippen LogP contribution in [0.3, 0.4) is 0 Å². The van der Waals surface area contributed by atoms with E-state index < -0.39 is 6.04 Å². The van der Waals surface area contributed by atoms with E-state index in [0.717, 1.165) is 11.1 Å². The van der Waals surface area contributed by atoms with Crippen LogP contribution in [0.2, 0.25) is 0 Å². The van der Waals surface area contributed by atoms with Crippen LogP contribution in [0.25, 0.3) is 0 Å². The summed E-state index contributed by atoms with van der Waals surface area (Å²) in [5.41, 5.74) is 2.48. The number of methoxy groups -OCH3 is 1. The van der Waals surface area contributed by atoms with E-state index >= 15 is 0 Å². The van der Waals surface area contributed by atoms with Gasteiger partial charge in [-0.1, -0.05) is 6.07 Å². The first-order valence-electron chi connectivity index (χ1n) is 5.86. The van der Waals surface area contributed by atoms with E-state index in [0.29, 0.717) is 12.0 Å². The molecule has 100 valence electrons. The number of rotatable bonds is 4. The summed E-state index contributed by atoms with van der Waals surface area (Å²) in [7, 11) is 4.90. The van der Waals surface area contributed by atoms with Crippen LogP contribution in [0.1, 0.15) is 16.7 Å². The molecule has 0 bridgehead atoms. The van der Waals surface area contributed by atoms with Crippen LogP contribution in [0.5, 0.6) is 0 Å². The maximum absolute atomic E-state index is 13.9. The molecule has 0 saturated heterocycles. The van der Waals surface area contributed by atoms with E-state index in [9.17, 15) is 9.18 Å². The molecule has 0 aliphatic rings. The Hall–Kier alpha value is -1.42. The number of hydrogen-bond donors (Lipinski definition) is 0. The first kappa shape index (κ1) is 14.6. The largest absolute Gasteiger partial charge is 0.468 e. The number of aryl methyl sites for hydroxylation is 2. The Kier molecular flexibility index (Phi) is 4.84. The average molecular weight is 252 g/mol. The smallest absolute Gasteiger partial charge is 0.323 e. The molecule has 0 N–H and O–H groups in total. The van der Waals surface area contributed by atoms with Crippen molar-refractivity contribution in [2.45, 2.75) is 26.3 Å². The average Bonchev–Trinajstić information content (AvgIpc) is 2.30. The molecule has 1 aromatic rings. The van der Waals surface area contributed by atoms with Gasteiger partial charge in [0, 0.05) is 6.42 Å². The van der Waals surface area contributed by atoms with Crippen LogP contribution in [-0.2, 0) is 16.0 Å². The van der Waals surface area contributed by atoms with Crippen molar-refractivity contribution in [1.29, 1.82) is 0 Å². The molecule has 3 nitrogen and oxygen atoms in total. The van der Waals surface area contributed by atoms with Gasteiger partial charge in [0.15, 0.2) is 0 Å². The third-order valence-corrected chi connectivity index (χ3v) is 3.17. The fraction of sp³-hybridized carbons (Fsp3) is 0.500. The number of likely N-dealkylation sites (N-methyl/N-ethyl adjacent to an activating group) is 1. The van der Waals surface area contributed by atoms with E-state index in [2.05, 4.69) is 0 Å². The maximum Gasteiger partial charge on any atom is 0.323 e. The molecular weight excluding hydrogens is 232 g/mol. The van der Waals surface area contributed by atoms with Crippen molar-refractivity contribution in [2.24, 2.45) is 0 Å². The minimum atomic E-state index is -0.466. The van der Waals surface area contributed by atoms with Gasteiger partial charge in [0.05, 0.1) is 7.11 Å². The summed E-state index contributed by atoms with van der Waals surface area (Å²) < 4.78 is 18.6. The highest BCUT2D eigenvalue weighted by molar-refractivity contribution is 5.76. The molecule has 1 rings (SSSR count). The van der Waals surface area contributed by atoms with Gasteiger partial charge in [-0.25, -0.2) is 4.39 Å². The molecule has 0 fully saturated rings. The van der Waals surface area contributed by atoms with E-state index in [4.69, 9.17) is 4.74 Å². The van der Waals surface area contributed by atoms with E-state index in [1.54, 1.807) is 25.1 Å². The number of esters is 1. The van der Waals surface area contributed by atoms with Crippen LogP contribution in [0.4, 0.5) is 4.39 Å². The zero-order valence-electron chi connectivity index (χ0n) is 11.6. The first-order valence-corrected chi connectivity index (χ1v) is 5.86. The summed E-state index contributed by atoms with van der Waals surface area (Å²) in [5.74, 6) is -0.619. The Bertz CT molecular complexity index is 444. The van der Waals surface area contributed by atoms with Gasteiger partial charge in [-0.05, 0) is 50.7 Å². The second-order valence-corrected chi connectivity index (χ2v) is 4.73. The summed E-state index contributed by atoms with van der Waals surface area (Å²) in [6.45, 7) is 3.80. The zero-order chi connectivity index (χ0) is 13.9. The van der Waals surface area contributed by atoms with Gasteiger partial charge < -0.3 is 4.74 Å². The highest BCUT2D eigenvalue weighted by Gasteiger charge is 2.23. The second kappa shape index (κ2) is 5.96. The van der Waals surface area contributed by atoms with Crippen molar-refractivity contribution >= 4 is 5.97 Å². The van der Waals surface area contributed by atoms with Crippen molar-refractivity contribution in [1.82, 2.24) is 4.90 Å². The molecule has 0 saturated carbocycles. The van der Waals surface area contributed by atoms with Crippen LogP contribution >= 0.6 is 0 Å². The minimum Gasteiger partial charge on any atom is -0.468 e. The third-order valence-electron chi connectivity index (χ3n) is 3.17. The highest BCUT2D eigenvalue weighted by atomic mass is 18.2. The standard InChI is InChI=1S/C14H20FNO2/c1-9-6-11(12(15)7-10(9)2)8-13(16(3)4)14(17)18-5/h6-7,13H,8H2,1-5H3/i15-1. The van der Waals surface area contributed by atoms with Gasteiger partial charge in [-0.2, -0.15) is 0 Å². The Morgan fingerprint density at radius 3 is 2.39 bits per heavy atom. The fourth-order valence-corrected chi connectivity index (χ4v) is 1.82. The van der Waals surface area contributed by atoms with Gasteiger partial charge >= 0.3 is 5.97 Å². The molecule has 1 atom stereocenters. The van der Waals surface area contributed by atoms with Crippen LogP contribution < -0.4 is 0 Å². The Morgan fingerprint density at radius 1 is 1.33 bits per heavy atom. The predicted molar refractivity (Wildman–Crippen MR) is 69.1 cm³/mol. The SMILES string of the molecule is COC(=O)C(Cc1cc(C)c(C)cc1[18F])N(C)C. The molecule has 0 aromatic heterocycles. The molecule has 0 aliphatic carbocycles. The lowest BCUT2D eigenvalue weighted by atomic mass is 9.99. The summed E-state index contributed by atoms with van der Waals surface area (Å²) in [6.07, 6.45) is 0.312. The topological polar surface area (TPSA) is 29.5 Å². The van der Waals surface area contributed by atoms with Gasteiger partial charge in [0.25, 0.3) is 0 Å². The lowest BCUT2D eigenvalue weighted by molar-refractivity contribution is -0.145. The molecule has 0 aliphatic heterocycles. The summed E-state index contributed by atoms with van der Waals surface area (Å²) in [5, 5.41) is 0. The lowest BCUT2D eigenvalue weighted by Gasteiger charge is -2.22. The van der Waals surface area contributed by atoms with Crippen molar-refractivity contribution in [3.63, 3.8) is 0 Å². The maximum atomic E-state index is 13.9.